The van der Waals surface area contributed by atoms with Crippen LogP contribution in [0.5, 0.6) is 0 Å². The Morgan fingerprint density at radius 3 is 2.39 bits per heavy atom. The SMILES string of the molecule is CC.CC(C)C(=O)[C@@H](NC1=CNCN=C1)C(C)C.[HH]. The second-order valence-corrected chi connectivity index (χ2v) is 4.70. The standard InChI is InChI=1S/C12H21N3O.C2H6.H2/c1-8(2)11(12(16)9(3)4)15-10-5-13-7-14-6-10;1-2;/h5-6,8-9,11,13,15H,7H2,1-4H3;1-2H3;1H/t11-;;/m0../s1. The first-order valence-corrected chi connectivity index (χ1v) is 6.76. The fourth-order valence-corrected chi connectivity index (χ4v) is 1.57. The number of nitrogens with one attached hydrogen (secondary N) is 2. The molecule has 0 unspecified atom stereocenters. The summed E-state index contributed by atoms with van der Waals surface area (Å²) >= 11 is 0. The summed E-state index contributed by atoms with van der Waals surface area (Å²) in [6.07, 6.45) is 3.62. The fourth-order valence-electron chi connectivity index (χ4n) is 1.57. The van der Waals surface area contributed by atoms with Gasteiger partial charge in [0.15, 0.2) is 5.78 Å². The maximum absolute atomic E-state index is 12.0. The van der Waals surface area contributed by atoms with Crippen LogP contribution in [0.15, 0.2) is 16.9 Å². The first-order chi connectivity index (χ1) is 8.52. The van der Waals surface area contributed by atoms with E-state index in [0.717, 1.165) is 5.70 Å². The fraction of sp³-hybridized carbons (Fsp3) is 0.714. The molecule has 0 aromatic carbocycles. The summed E-state index contributed by atoms with van der Waals surface area (Å²) in [6.45, 7) is 12.6. The first-order valence-electron chi connectivity index (χ1n) is 6.76. The number of allylic oxidation sites excluding steroid dienone is 1. The molecule has 18 heavy (non-hydrogen) atoms. The molecule has 0 amide bonds. The van der Waals surface area contributed by atoms with Crippen molar-refractivity contribution in [1.29, 1.82) is 0 Å². The molecule has 0 saturated heterocycles. The van der Waals surface area contributed by atoms with E-state index >= 15 is 0 Å². The van der Waals surface area contributed by atoms with Crippen molar-refractivity contribution in [2.24, 2.45) is 16.8 Å². The van der Waals surface area contributed by atoms with E-state index in [1.54, 1.807) is 6.21 Å². The molecule has 0 fully saturated rings. The third kappa shape index (κ3) is 5.34. The molecule has 4 heteroatoms. The van der Waals surface area contributed by atoms with E-state index in [2.05, 4.69) is 15.6 Å². The molecule has 0 aromatic heterocycles. The molecule has 0 aliphatic carbocycles. The Morgan fingerprint density at radius 1 is 1.39 bits per heavy atom. The normalized spacial score (nSPS) is 15.4. The van der Waals surface area contributed by atoms with Gasteiger partial charge in [-0.15, -0.1) is 0 Å². The number of Topliss-reactive ketones (excluding diaryl/α,β-unsaturated/α-hetero) is 1. The number of aliphatic imine (C=N–C) groups is 1. The Kier molecular flexibility index (Phi) is 8.08. The van der Waals surface area contributed by atoms with Crippen molar-refractivity contribution in [3.8, 4) is 0 Å². The molecule has 1 heterocycles. The van der Waals surface area contributed by atoms with Crippen LogP contribution in [0.25, 0.3) is 0 Å². The van der Waals surface area contributed by atoms with Crippen LogP contribution in [0.3, 0.4) is 0 Å². The van der Waals surface area contributed by atoms with Crippen LogP contribution < -0.4 is 10.6 Å². The summed E-state index contributed by atoms with van der Waals surface area (Å²) in [4.78, 5) is 16.1. The lowest BCUT2D eigenvalue weighted by Gasteiger charge is -2.25. The smallest absolute Gasteiger partial charge is 0.157 e. The zero-order chi connectivity index (χ0) is 14.1. The van der Waals surface area contributed by atoms with E-state index in [9.17, 15) is 4.79 Å². The van der Waals surface area contributed by atoms with Crippen LogP contribution in [-0.4, -0.2) is 24.7 Å². The third-order valence-corrected chi connectivity index (χ3v) is 2.53. The van der Waals surface area contributed by atoms with E-state index in [1.807, 2.05) is 47.7 Å². The van der Waals surface area contributed by atoms with Gasteiger partial charge in [0.25, 0.3) is 0 Å². The van der Waals surface area contributed by atoms with E-state index < -0.39 is 0 Å². The molecule has 1 aliphatic rings. The molecule has 4 nitrogen and oxygen atoms in total. The van der Waals surface area contributed by atoms with Gasteiger partial charge >= 0.3 is 0 Å². The molecule has 0 saturated carbocycles. The Bertz CT molecular complexity index is 312. The van der Waals surface area contributed by atoms with Gasteiger partial charge in [-0.25, -0.2) is 0 Å². The van der Waals surface area contributed by atoms with Gasteiger partial charge in [0, 0.05) is 19.8 Å². The number of hydrogen-bond donors (Lipinski definition) is 2. The van der Waals surface area contributed by atoms with Gasteiger partial charge in [0.1, 0.15) is 6.67 Å². The zero-order valence-corrected chi connectivity index (χ0v) is 12.4. The maximum Gasteiger partial charge on any atom is 0.157 e. The highest BCUT2D eigenvalue weighted by Crippen LogP contribution is 2.10. The van der Waals surface area contributed by atoms with E-state index in [4.69, 9.17) is 0 Å². The molecule has 0 bridgehead atoms. The minimum atomic E-state index is -0.141. The maximum atomic E-state index is 12.0. The number of rotatable bonds is 5. The topological polar surface area (TPSA) is 53.5 Å². The minimum absolute atomic E-state index is 0. The van der Waals surface area contributed by atoms with Crippen molar-refractivity contribution >= 4 is 12.0 Å². The second kappa shape index (κ2) is 8.72. The molecular weight excluding hydrogens is 226 g/mol. The van der Waals surface area contributed by atoms with Crippen molar-refractivity contribution in [2.75, 3.05) is 6.67 Å². The molecule has 1 aliphatic heterocycles. The van der Waals surface area contributed by atoms with Gasteiger partial charge in [0.2, 0.25) is 0 Å². The number of carbonyl (C=O) groups excluding carboxylic acids is 1. The van der Waals surface area contributed by atoms with E-state index in [0.29, 0.717) is 6.67 Å². The van der Waals surface area contributed by atoms with Gasteiger partial charge in [-0.2, -0.15) is 0 Å². The van der Waals surface area contributed by atoms with Crippen molar-refractivity contribution in [3.05, 3.63) is 11.9 Å². The summed E-state index contributed by atoms with van der Waals surface area (Å²) in [5, 5.41) is 6.25. The van der Waals surface area contributed by atoms with Gasteiger partial charge in [-0.1, -0.05) is 41.5 Å². The summed E-state index contributed by atoms with van der Waals surface area (Å²) in [7, 11) is 0. The monoisotopic (exact) mass is 255 g/mol. The van der Waals surface area contributed by atoms with Crippen LogP contribution in [0.2, 0.25) is 0 Å². The van der Waals surface area contributed by atoms with Crippen molar-refractivity contribution < 1.29 is 6.22 Å². The predicted molar refractivity (Wildman–Crippen MR) is 79.6 cm³/mol. The quantitative estimate of drug-likeness (QED) is 0.794. The van der Waals surface area contributed by atoms with Gasteiger partial charge in [-0.3, -0.25) is 9.79 Å². The van der Waals surface area contributed by atoms with Crippen molar-refractivity contribution in [1.82, 2.24) is 10.6 Å². The predicted octanol–water partition coefficient (Wildman–Crippen LogP) is 2.57. The van der Waals surface area contributed by atoms with Crippen molar-refractivity contribution in [2.45, 2.75) is 47.6 Å². The number of carbonyl (C=O) groups is 1. The lowest BCUT2D eigenvalue weighted by atomic mass is 9.93. The molecule has 1 rings (SSSR count). The van der Waals surface area contributed by atoms with Crippen LogP contribution in [0, 0.1) is 11.8 Å². The number of nitrogens with zero attached hydrogens (tertiary/aromatic N) is 1. The van der Waals surface area contributed by atoms with Crippen LogP contribution in [0.1, 0.15) is 43.0 Å². The molecule has 0 aromatic rings. The highest BCUT2D eigenvalue weighted by molar-refractivity contribution is 5.88. The van der Waals surface area contributed by atoms with E-state index in [-0.39, 0.29) is 25.1 Å². The molecule has 1 atom stereocenters. The largest absolute Gasteiger partial charge is 0.373 e. The van der Waals surface area contributed by atoms with Crippen LogP contribution >= 0.6 is 0 Å². The zero-order valence-electron chi connectivity index (χ0n) is 12.4. The third-order valence-electron chi connectivity index (χ3n) is 2.53. The summed E-state index contributed by atoms with van der Waals surface area (Å²) < 4.78 is 0. The molecule has 0 spiro atoms. The van der Waals surface area contributed by atoms with Crippen molar-refractivity contribution in [3.63, 3.8) is 0 Å². The van der Waals surface area contributed by atoms with Gasteiger partial charge in [-0.05, 0) is 5.92 Å². The molecule has 0 radical (unpaired) electrons. The summed E-state index contributed by atoms with van der Waals surface area (Å²) in [5.74, 6) is 0.565. The second-order valence-electron chi connectivity index (χ2n) is 4.70. The molecular formula is C14H29N3O. The lowest BCUT2D eigenvalue weighted by Crippen LogP contribution is -2.43. The average Bonchev–Trinajstić information content (AvgIpc) is 2.38. The highest BCUT2D eigenvalue weighted by Gasteiger charge is 2.24. The number of hydrogen-bond acceptors (Lipinski definition) is 4. The Labute approximate surface area is 112 Å². The number of ketones is 1. The van der Waals surface area contributed by atoms with Crippen LogP contribution in [0.4, 0.5) is 0 Å². The summed E-state index contributed by atoms with van der Waals surface area (Å²) in [5.41, 5.74) is 0.874. The molecule has 2 N–H and O–H groups in total. The van der Waals surface area contributed by atoms with Crippen LogP contribution in [-0.2, 0) is 4.79 Å². The Morgan fingerprint density at radius 2 is 2.00 bits per heavy atom. The molecule has 106 valence electrons. The summed E-state index contributed by atoms with van der Waals surface area (Å²) in [6, 6.07) is -0.141. The Balaban J connectivity index is 0. The first kappa shape index (κ1) is 16.7. The Hall–Kier alpha value is -1.32. The lowest BCUT2D eigenvalue weighted by molar-refractivity contribution is -0.124. The van der Waals surface area contributed by atoms with Gasteiger partial charge < -0.3 is 10.6 Å². The van der Waals surface area contributed by atoms with E-state index in [1.165, 1.54) is 0 Å². The highest BCUT2D eigenvalue weighted by atomic mass is 16.1. The average molecular weight is 255 g/mol. The van der Waals surface area contributed by atoms with Gasteiger partial charge in [0.05, 0.1) is 11.7 Å². The minimum Gasteiger partial charge on any atom is -0.373 e.